The lowest BCUT2D eigenvalue weighted by molar-refractivity contribution is -0.123. The fourth-order valence-corrected chi connectivity index (χ4v) is 1.64. The van der Waals surface area contributed by atoms with Crippen LogP contribution in [0.4, 0.5) is 10.5 Å². The molecular weight excluding hydrogens is 232 g/mol. The Bertz CT molecular complexity index is 504. The minimum atomic E-state index is -0.311. The Balaban J connectivity index is 1.98. The van der Waals surface area contributed by atoms with Gasteiger partial charge in [0.2, 0.25) is 5.91 Å². The fourth-order valence-electron chi connectivity index (χ4n) is 1.64. The lowest BCUT2D eigenvalue weighted by Crippen LogP contribution is -2.51. The zero-order chi connectivity index (χ0) is 13.0. The second-order valence-corrected chi connectivity index (χ2v) is 3.89. The molecule has 0 atom stereocenters. The van der Waals surface area contributed by atoms with Crippen molar-refractivity contribution in [2.45, 2.75) is 0 Å². The van der Waals surface area contributed by atoms with Crippen LogP contribution in [0.1, 0.15) is 5.56 Å². The van der Waals surface area contributed by atoms with E-state index < -0.39 is 0 Å². The third kappa shape index (κ3) is 2.77. The van der Waals surface area contributed by atoms with E-state index in [1.54, 1.807) is 24.3 Å². The highest BCUT2D eigenvalue weighted by Crippen LogP contribution is 2.10. The predicted octanol–water partition coefficient (Wildman–Crippen LogP) is 0.522. The number of urea groups is 1. The van der Waals surface area contributed by atoms with Crippen molar-refractivity contribution in [1.29, 1.82) is 5.26 Å². The van der Waals surface area contributed by atoms with Crippen molar-refractivity contribution in [3.8, 4) is 6.07 Å². The number of nitrogens with zero attached hydrogens (tertiary/aromatic N) is 2. The number of nitriles is 1. The van der Waals surface area contributed by atoms with E-state index in [2.05, 4.69) is 10.6 Å². The van der Waals surface area contributed by atoms with Gasteiger partial charge in [-0.3, -0.25) is 4.79 Å². The molecule has 1 aromatic rings. The highest BCUT2D eigenvalue weighted by molar-refractivity contribution is 5.93. The average Bonchev–Trinajstić information content (AvgIpc) is 2.39. The number of hydrogen-bond acceptors (Lipinski definition) is 3. The number of piperazine rings is 1. The third-order valence-corrected chi connectivity index (χ3v) is 2.59. The molecule has 3 amide bonds. The smallest absolute Gasteiger partial charge is 0.322 e. The quantitative estimate of drug-likeness (QED) is 0.755. The van der Waals surface area contributed by atoms with Gasteiger partial charge in [-0.15, -0.1) is 0 Å². The number of nitrogens with one attached hydrogen (secondary N) is 2. The van der Waals surface area contributed by atoms with Gasteiger partial charge in [0.1, 0.15) is 6.54 Å². The number of carbonyl (C=O) groups excluding carboxylic acids is 2. The molecule has 1 aliphatic rings. The van der Waals surface area contributed by atoms with Gasteiger partial charge in [0.15, 0.2) is 0 Å². The first-order valence-electron chi connectivity index (χ1n) is 5.52. The van der Waals surface area contributed by atoms with Crippen molar-refractivity contribution >= 4 is 17.6 Å². The third-order valence-electron chi connectivity index (χ3n) is 2.59. The summed E-state index contributed by atoms with van der Waals surface area (Å²) in [5.41, 5.74) is 1.13. The molecule has 18 heavy (non-hydrogen) atoms. The van der Waals surface area contributed by atoms with Crippen LogP contribution in [0.5, 0.6) is 0 Å². The molecule has 0 aromatic heterocycles. The molecule has 0 saturated carbocycles. The van der Waals surface area contributed by atoms with Crippen LogP contribution in [0.2, 0.25) is 0 Å². The molecular formula is C12H12N4O2. The first-order valence-corrected chi connectivity index (χ1v) is 5.52. The number of benzene rings is 1. The molecule has 2 rings (SSSR count). The summed E-state index contributed by atoms with van der Waals surface area (Å²) in [6.45, 7) is 1.04. The van der Waals surface area contributed by atoms with Gasteiger partial charge in [-0.05, 0) is 24.3 Å². The van der Waals surface area contributed by atoms with E-state index in [0.29, 0.717) is 24.3 Å². The van der Waals surface area contributed by atoms with Crippen molar-refractivity contribution in [2.24, 2.45) is 0 Å². The molecule has 0 unspecified atom stereocenters. The van der Waals surface area contributed by atoms with Crippen LogP contribution in [0.25, 0.3) is 0 Å². The first kappa shape index (κ1) is 11.9. The van der Waals surface area contributed by atoms with Crippen molar-refractivity contribution in [1.82, 2.24) is 10.2 Å². The molecule has 1 fully saturated rings. The highest BCUT2D eigenvalue weighted by Gasteiger charge is 2.20. The zero-order valence-corrected chi connectivity index (χ0v) is 9.64. The Morgan fingerprint density at radius 2 is 2.11 bits per heavy atom. The van der Waals surface area contributed by atoms with Crippen LogP contribution in [-0.4, -0.2) is 36.5 Å². The van der Waals surface area contributed by atoms with Gasteiger partial charge < -0.3 is 15.5 Å². The topological polar surface area (TPSA) is 85.2 Å². The summed E-state index contributed by atoms with van der Waals surface area (Å²) in [6, 6.07) is 8.24. The van der Waals surface area contributed by atoms with Gasteiger partial charge in [-0.2, -0.15) is 5.26 Å². The molecule has 2 N–H and O–H groups in total. The van der Waals surface area contributed by atoms with E-state index in [1.165, 1.54) is 4.90 Å². The highest BCUT2D eigenvalue weighted by atomic mass is 16.2. The summed E-state index contributed by atoms with van der Waals surface area (Å²) in [6.07, 6.45) is 0. The molecule has 0 bridgehead atoms. The van der Waals surface area contributed by atoms with Crippen molar-refractivity contribution < 1.29 is 9.59 Å². The molecule has 92 valence electrons. The lowest BCUT2D eigenvalue weighted by atomic mass is 10.2. The Morgan fingerprint density at radius 1 is 1.39 bits per heavy atom. The summed E-state index contributed by atoms with van der Waals surface area (Å²) < 4.78 is 0. The van der Waals surface area contributed by atoms with Crippen molar-refractivity contribution in [3.63, 3.8) is 0 Å². The maximum Gasteiger partial charge on any atom is 0.322 e. The van der Waals surface area contributed by atoms with Gasteiger partial charge in [-0.1, -0.05) is 0 Å². The predicted molar refractivity (Wildman–Crippen MR) is 64.8 cm³/mol. The average molecular weight is 244 g/mol. The number of amides is 3. The summed E-state index contributed by atoms with van der Waals surface area (Å²) in [5, 5.41) is 14.0. The van der Waals surface area contributed by atoms with E-state index in [-0.39, 0.29) is 18.5 Å². The van der Waals surface area contributed by atoms with Crippen LogP contribution in [0.3, 0.4) is 0 Å². The maximum atomic E-state index is 11.8. The number of carbonyl (C=O) groups is 2. The Morgan fingerprint density at radius 3 is 2.72 bits per heavy atom. The molecule has 0 aliphatic carbocycles. The molecule has 0 spiro atoms. The molecule has 1 aromatic carbocycles. The second kappa shape index (κ2) is 5.19. The molecule has 6 heteroatoms. The number of rotatable bonds is 1. The van der Waals surface area contributed by atoms with Gasteiger partial charge in [0, 0.05) is 18.8 Å². The minimum Gasteiger partial charge on any atom is -0.353 e. The van der Waals surface area contributed by atoms with Crippen LogP contribution < -0.4 is 10.6 Å². The molecule has 0 radical (unpaired) electrons. The maximum absolute atomic E-state index is 11.8. The van der Waals surface area contributed by atoms with E-state index in [4.69, 9.17) is 5.26 Å². The minimum absolute atomic E-state index is 0.0715. The normalized spacial score (nSPS) is 14.6. The summed E-state index contributed by atoms with van der Waals surface area (Å²) in [4.78, 5) is 24.4. The first-order chi connectivity index (χ1) is 8.69. The van der Waals surface area contributed by atoms with Gasteiger partial charge in [0.25, 0.3) is 0 Å². The number of anilines is 1. The van der Waals surface area contributed by atoms with Crippen molar-refractivity contribution in [3.05, 3.63) is 29.8 Å². The van der Waals surface area contributed by atoms with E-state index in [0.717, 1.165) is 0 Å². The number of hydrogen-bond donors (Lipinski definition) is 2. The van der Waals surface area contributed by atoms with Gasteiger partial charge >= 0.3 is 6.03 Å². The van der Waals surface area contributed by atoms with Crippen LogP contribution >= 0.6 is 0 Å². The Labute approximate surface area is 104 Å². The van der Waals surface area contributed by atoms with E-state index in [9.17, 15) is 9.59 Å². The van der Waals surface area contributed by atoms with Crippen molar-refractivity contribution in [2.75, 3.05) is 25.0 Å². The van der Waals surface area contributed by atoms with E-state index >= 15 is 0 Å². The van der Waals surface area contributed by atoms with Crippen LogP contribution in [0, 0.1) is 11.3 Å². The molecule has 1 heterocycles. The Hall–Kier alpha value is -2.55. The summed E-state index contributed by atoms with van der Waals surface area (Å²) in [7, 11) is 0. The summed E-state index contributed by atoms with van der Waals surface area (Å²) >= 11 is 0. The largest absolute Gasteiger partial charge is 0.353 e. The molecule has 1 saturated heterocycles. The van der Waals surface area contributed by atoms with Crippen LogP contribution in [0.15, 0.2) is 24.3 Å². The van der Waals surface area contributed by atoms with Crippen LogP contribution in [-0.2, 0) is 4.79 Å². The standard InChI is InChI=1S/C12H12N4O2/c13-7-9-1-3-10(4-2-9)15-12(18)16-6-5-14-11(17)8-16/h1-4H,5-6,8H2,(H,14,17)(H,15,18). The SMILES string of the molecule is N#Cc1ccc(NC(=O)N2CCNC(=O)C2)cc1. The lowest BCUT2D eigenvalue weighted by Gasteiger charge is -2.26. The zero-order valence-electron chi connectivity index (χ0n) is 9.64. The molecule has 1 aliphatic heterocycles. The summed E-state index contributed by atoms with van der Waals surface area (Å²) in [5.74, 6) is -0.156. The molecule has 6 nitrogen and oxygen atoms in total. The fraction of sp³-hybridized carbons (Fsp3) is 0.250. The van der Waals surface area contributed by atoms with E-state index in [1.807, 2.05) is 6.07 Å². The Kier molecular flexibility index (Phi) is 3.44. The van der Waals surface area contributed by atoms with Gasteiger partial charge in [-0.25, -0.2) is 4.79 Å². The van der Waals surface area contributed by atoms with Gasteiger partial charge in [0.05, 0.1) is 11.6 Å². The monoisotopic (exact) mass is 244 g/mol. The second-order valence-electron chi connectivity index (χ2n) is 3.89.